The van der Waals surface area contributed by atoms with Gasteiger partial charge in [0.2, 0.25) is 5.91 Å². The van der Waals surface area contributed by atoms with Crippen LogP contribution in [0.25, 0.3) is 32.8 Å². The summed E-state index contributed by atoms with van der Waals surface area (Å²) >= 11 is 0. The number of amides is 1. The number of aromatic nitrogens is 4. The highest BCUT2D eigenvalue weighted by Crippen LogP contribution is 2.42. The molecular weight excluding hydrogens is 621 g/mol. The van der Waals surface area contributed by atoms with Gasteiger partial charge in [0.1, 0.15) is 23.7 Å². The van der Waals surface area contributed by atoms with Crippen LogP contribution in [-0.4, -0.2) is 90.7 Å². The maximum Gasteiger partial charge on any atom is 0.319 e. The standard InChI is InChI=1S/C38H40FN7O3/c39-34-30(32-20-28(47)19-25-5-1-2-6-29(25)32)9-10-31-35(34)41-37(49-23-38-12-3-15-45(38)16-4-13-38)42-36(31)44-21-26-7-8-27(22-44)46(26)33(48)11-17-43-18-14-40-24-43/h1-2,5-6,9-10,14,18-20,24,26-27,47H,3-4,7-8,11-13,15-17,21-23H2/t26-,27+. The molecular formula is C38H40FN7O3. The molecule has 0 spiro atoms. The maximum atomic E-state index is 16.9. The highest BCUT2D eigenvalue weighted by molar-refractivity contribution is 6.01. The van der Waals surface area contributed by atoms with E-state index in [0.29, 0.717) is 55.0 Å². The average molecular weight is 662 g/mol. The number of hydrogen-bond acceptors (Lipinski definition) is 8. The van der Waals surface area contributed by atoms with E-state index in [-0.39, 0.29) is 40.8 Å². The highest BCUT2D eigenvalue weighted by atomic mass is 19.1. The molecule has 6 heterocycles. The summed E-state index contributed by atoms with van der Waals surface area (Å²) in [6.45, 7) is 4.45. The molecule has 252 valence electrons. The van der Waals surface area contributed by atoms with E-state index in [2.05, 4.69) is 19.7 Å². The third-order valence-corrected chi connectivity index (χ3v) is 11.4. The second kappa shape index (κ2) is 12.0. The first-order chi connectivity index (χ1) is 24.0. The second-order valence-corrected chi connectivity index (χ2v) is 14.2. The molecule has 2 atom stereocenters. The van der Waals surface area contributed by atoms with Gasteiger partial charge >= 0.3 is 6.01 Å². The minimum atomic E-state index is -0.473. The largest absolute Gasteiger partial charge is 0.508 e. The predicted molar refractivity (Wildman–Crippen MR) is 185 cm³/mol. The number of phenolic OH excluding ortho intramolecular Hbond substituents is 1. The van der Waals surface area contributed by atoms with Crippen LogP contribution in [0.15, 0.2) is 67.3 Å². The van der Waals surface area contributed by atoms with Gasteiger partial charge in [-0.2, -0.15) is 9.97 Å². The van der Waals surface area contributed by atoms with E-state index in [1.165, 1.54) is 0 Å². The first kappa shape index (κ1) is 30.3. The Morgan fingerprint density at radius 2 is 1.78 bits per heavy atom. The fourth-order valence-electron chi connectivity index (χ4n) is 9.07. The Hall–Kier alpha value is -4.77. The zero-order chi connectivity index (χ0) is 33.1. The molecule has 0 unspecified atom stereocenters. The third-order valence-electron chi connectivity index (χ3n) is 11.4. The molecule has 1 N–H and O–H groups in total. The van der Waals surface area contributed by atoms with E-state index in [4.69, 9.17) is 14.7 Å². The lowest BCUT2D eigenvalue weighted by atomic mass is 9.95. The van der Waals surface area contributed by atoms with Gasteiger partial charge in [0.15, 0.2) is 5.82 Å². The lowest BCUT2D eigenvalue weighted by Gasteiger charge is -2.42. The number of carbonyl (C=O) groups excluding carboxylic acids is 1. The predicted octanol–water partition coefficient (Wildman–Crippen LogP) is 5.77. The van der Waals surface area contributed by atoms with Gasteiger partial charge in [0, 0.05) is 61.5 Å². The fourth-order valence-corrected chi connectivity index (χ4v) is 9.07. The summed E-state index contributed by atoms with van der Waals surface area (Å²) in [7, 11) is 0. The van der Waals surface area contributed by atoms with Crippen molar-refractivity contribution < 1.29 is 19.0 Å². The minimum absolute atomic E-state index is 0.0127. The van der Waals surface area contributed by atoms with Crippen LogP contribution in [0.1, 0.15) is 44.9 Å². The summed E-state index contributed by atoms with van der Waals surface area (Å²) in [6.07, 6.45) is 12.1. The van der Waals surface area contributed by atoms with Crippen LogP contribution < -0.4 is 9.64 Å². The summed E-state index contributed by atoms with van der Waals surface area (Å²) in [6, 6.07) is 14.9. The van der Waals surface area contributed by atoms with Gasteiger partial charge in [-0.3, -0.25) is 9.69 Å². The summed E-state index contributed by atoms with van der Waals surface area (Å²) in [5.41, 5.74) is 1.15. The quantitative estimate of drug-likeness (QED) is 0.224. The van der Waals surface area contributed by atoms with Crippen molar-refractivity contribution in [2.75, 3.05) is 37.7 Å². The second-order valence-electron chi connectivity index (χ2n) is 14.2. The van der Waals surface area contributed by atoms with Crippen molar-refractivity contribution in [2.45, 2.75) is 69.1 Å². The Morgan fingerprint density at radius 3 is 2.55 bits per heavy atom. The molecule has 10 nitrogen and oxygen atoms in total. The number of ether oxygens (including phenoxy) is 1. The van der Waals surface area contributed by atoms with Crippen molar-refractivity contribution in [3.63, 3.8) is 0 Å². The van der Waals surface area contributed by atoms with Crippen LogP contribution in [0.3, 0.4) is 0 Å². The van der Waals surface area contributed by atoms with Gasteiger partial charge in [-0.1, -0.05) is 30.3 Å². The van der Waals surface area contributed by atoms with Gasteiger partial charge in [-0.15, -0.1) is 0 Å². The normalized spacial score (nSPS) is 21.6. The number of halogens is 1. The molecule has 49 heavy (non-hydrogen) atoms. The lowest BCUT2D eigenvalue weighted by molar-refractivity contribution is -0.134. The number of piperazine rings is 1. The Labute approximate surface area is 284 Å². The number of rotatable bonds is 8. The van der Waals surface area contributed by atoms with E-state index in [1.54, 1.807) is 30.7 Å². The molecule has 2 aromatic heterocycles. The smallest absolute Gasteiger partial charge is 0.319 e. The molecule has 11 heteroatoms. The number of fused-ring (bicyclic) bond motifs is 5. The summed E-state index contributed by atoms with van der Waals surface area (Å²) in [5, 5.41) is 12.9. The van der Waals surface area contributed by atoms with Crippen molar-refractivity contribution in [3.05, 3.63) is 73.1 Å². The van der Waals surface area contributed by atoms with Crippen LogP contribution in [0.5, 0.6) is 11.8 Å². The van der Waals surface area contributed by atoms with Crippen LogP contribution in [0, 0.1) is 5.82 Å². The first-order valence-electron chi connectivity index (χ1n) is 17.6. The topological polar surface area (TPSA) is 99.9 Å². The third kappa shape index (κ3) is 5.26. The summed E-state index contributed by atoms with van der Waals surface area (Å²) in [5.74, 6) is 0.397. The Balaban J connectivity index is 1.08. The summed E-state index contributed by atoms with van der Waals surface area (Å²) in [4.78, 5) is 34.1. The molecule has 0 radical (unpaired) electrons. The number of benzene rings is 3. The molecule has 1 amide bonds. The van der Waals surface area contributed by atoms with Crippen molar-refractivity contribution in [1.82, 2.24) is 29.3 Å². The van der Waals surface area contributed by atoms with Gasteiger partial charge in [0.05, 0.1) is 11.9 Å². The van der Waals surface area contributed by atoms with Crippen LogP contribution in [0.4, 0.5) is 10.2 Å². The first-order valence-corrected chi connectivity index (χ1v) is 17.6. The summed E-state index contributed by atoms with van der Waals surface area (Å²) < 4.78 is 25.3. The van der Waals surface area contributed by atoms with E-state index < -0.39 is 5.82 Å². The molecule has 4 fully saturated rings. The number of nitrogens with zero attached hydrogens (tertiary/aromatic N) is 7. The van der Waals surface area contributed by atoms with E-state index in [0.717, 1.165) is 62.4 Å². The molecule has 4 aliphatic heterocycles. The Morgan fingerprint density at radius 1 is 0.980 bits per heavy atom. The molecule has 3 aromatic carbocycles. The number of imidazole rings is 1. The fraction of sp³-hybridized carbons (Fsp3) is 0.421. The van der Waals surface area contributed by atoms with Crippen LogP contribution in [-0.2, 0) is 11.3 Å². The number of carbonyl (C=O) groups is 1. The Kier molecular flexibility index (Phi) is 7.41. The molecule has 5 aromatic rings. The molecule has 0 aliphatic carbocycles. The number of aromatic hydroxyl groups is 1. The van der Waals surface area contributed by atoms with Gasteiger partial charge < -0.3 is 24.2 Å². The number of phenols is 1. The van der Waals surface area contributed by atoms with Crippen molar-refractivity contribution in [1.29, 1.82) is 0 Å². The molecule has 2 bridgehead atoms. The molecule has 0 saturated carbocycles. The zero-order valence-electron chi connectivity index (χ0n) is 27.5. The Bertz CT molecular complexity index is 2030. The van der Waals surface area contributed by atoms with Crippen molar-refractivity contribution in [3.8, 4) is 22.9 Å². The molecule has 9 rings (SSSR count). The number of anilines is 1. The van der Waals surface area contributed by atoms with Crippen LogP contribution in [0.2, 0.25) is 0 Å². The van der Waals surface area contributed by atoms with Gasteiger partial charge in [-0.05, 0) is 86.1 Å². The average Bonchev–Trinajstić information content (AvgIpc) is 3.90. The van der Waals surface area contributed by atoms with E-state index in [9.17, 15) is 9.90 Å². The van der Waals surface area contributed by atoms with Crippen molar-refractivity contribution >= 4 is 33.4 Å². The SMILES string of the molecule is O=C(CCn1ccnc1)N1[C@@H]2CC[C@H]1CN(c1nc(OCC34CCCN3CCC4)nc3c(F)c(-c4cc(O)cc5ccccc45)ccc13)C2. The van der Waals surface area contributed by atoms with Gasteiger partial charge in [-0.25, -0.2) is 9.37 Å². The van der Waals surface area contributed by atoms with Crippen LogP contribution >= 0.6 is 0 Å². The minimum Gasteiger partial charge on any atom is -0.508 e. The molecule has 4 aliphatic rings. The lowest BCUT2D eigenvalue weighted by Crippen LogP contribution is -2.56. The zero-order valence-corrected chi connectivity index (χ0v) is 27.5. The van der Waals surface area contributed by atoms with Gasteiger partial charge in [0.25, 0.3) is 0 Å². The van der Waals surface area contributed by atoms with Crippen molar-refractivity contribution in [2.24, 2.45) is 0 Å². The molecule has 4 saturated heterocycles. The monoisotopic (exact) mass is 661 g/mol. The van der Waals surface area contributed by atoms with E-state index >= 15 is 4.39 Å². The van der Waals surface area contributed by atoms with E-state index in [1.807, 2.05) is 41.1 Å². The highest BCUT2D eigenvalue weighted by Gasteiger charge is 2.46. The number of hydrogen-bond donors (Lipinski definition) is 1. The maximum absolute atomic E-state index is 16.9. The number of aryl methyl sites for hydroxylation is 1.